The van der Waals surface area contributed by atoms with Crippen molar-refractivity contribution < 1.29 is 19.0 Å². The number of rotatable bonds is 10. The smallest absolute Gasteiger partial charge is 0.337 e. The second-order valence-corrected chi connectivity index (χ2v) is 9.18. The number of esters is 1. The Kier molecular flexibility index (Phi) is 12.9. The fourth-order valence-electron chi connectivity index (χ4n) is 4.35. The molecule has 1 saturated heterocycles. The SMILES string of the molecule is COC(=O)c1ccc(CN2CCC(CCN(C)c3ccc(OC(C)C)cc3)(OC)CC2)cc1.Cl.Cl. The summed E-state index contributed by atoms with van der Waals surface area (Å²) >= 11 is 0. The molecule has 0 spiro atoms. The maximum Gasteiger partial charge on any atom is 0.337 e. The summed E-state index contributed by atoms with van der Waals surface area (Å²) in [7, 11) is 5.39. The molecule has 0 N–H and O–H groups in total. The van der Waals surface area contributed by atoms with E-state index in [0.717, 1.165) is 51.2 Å². The third kappa shape index (κ3) is 8.87. The van der Waals surface area contributed by atoms with Gasteiger partial charge in [0.2, 0.25) is 0 Å². The number of piperidine rings is 1. The first kappa shape index (κ1) is 31.0. The number of nitrogens with zero attached hydrogens (tertiary/aromatic N) is 2. The number of halogens is 2. The van der Waals surface area contributed by atoms with Crippen LogP contribution in [0.15, 0.2) is 48.5 Å². The van der Waals surface area contributed by atoms with E-state index >= 15 is 0 Å². The van der Waals surface area contributed by atoms with E-state index < -0.39 is 0 Å². The molecule has 0 unspecified atom stereocenters. The first-order chi connectivity index (χ1) is 15.8. The van der Waals surface area contributed by atoms with E-state index in [9.17, 15) is 4.79 Å². The normalized spacial score (nSPS) is 15.0. The second kappa shape index (κ2) is 14.5. The summed E-state index contributed by atoms with van der Waals surface area (Å²) in [6, 6.07) is 16.0. The molecule has 6 nitrogen and oxygen atoms in total. The minimum atomic E-state index is -0.297. The van der Waals surface area contributed by atoms with Gasteiger partial charge in [-0.15, -0.1) is 24.8 Å². The third-order valence-electron chi connectivity index (χ3n) is 6.53. The molecule has 0 aromatic heterocycles. The molecule has 2 aromatic rings. The number of hydrogen-bond donors (Lipinski definition) is 0. The molecule has 1 heterocycles. The quantitative estimate of drug-likeness (QED) is 0.375. The Morgan fingerprint density at radius 3 is 2.11 bits per heavy atom. The van der Waals surface area contributed by atoms with Crippen molar-refractivity contribution in [2.45, 2.75) is 51.4 Å². The molecule has 1 fully saturated rings. The summed E-state index contributed by atoms with van der Waals surface area (Å²) in [6.45, 7) is 7.89. The molecule has 0 atom stereocenters. The van der Waals surface area contributed by atoms with Gasteiger partial charge in [-0.05, 0) is 75.1 Å². The van der Waals surface area contributed by atoms with Crippen LogP contribution in [0.5, 0.6) is 5.75 Å². The maximum atomic E-state index is 11.6. The van der Waals surface area contributed by atoms with E-state index in [1.54, 1.807) is 0 Å². The second-order valence-electron chi connectivity index (χ2n) is 9.18. The van der Waals surface area contributed by atoms with Gasteiger partial charge in [0.15, 0.2) is 0 Å². The van der Waals surface area contributed by atoms with Crippen molar-refractivity contribution >= 4 is 36.5 Å². The predicted molar refractivity (Wildman–Crippen MR) is 147 cm³/mol. The highest BCUT2D eigenvalue weighted by Gasteiger charge is 2.34. The lowest BCUT2D eigenvalue weighted by Gasteiger charge is -2.42. The van der Waals surface area contributed by atoms with E-state index in [4.69, 9.17) is 14.2 Å². The molecule has 2 aromatic carbocycles. The van der Waals surface area contributed by atoms with Crippen LogP contribution < -0.4 is 9.64 Å². The van der Waals surface area contributed by atoms with Crippen LogP contribution in [0.1, 0.15) is 49.0 Å². The highest BCUT2D eigenvalue weighted by Crippen LogP contribution is 2.31. The lowest BCUT2D eigenvalue weighted by Crippen LogP contribution is -2.46. The first-order valence-corrected chi connectivity index (χ1v) is 11.8. The molecular formula is C27H40Cl2N2O4. The van der Waals surface area contributed by atoms with Gasteiger partial charge in [-0.3, -0.25) is 4.90 Å². The fourth-order valence-corrected chi connectivity index (χ4v) is 4.35. The van der Waals surface area contributed by atoms with Crippen LogP contribution in [-0.2, 0) is 16.0 Å². The van der Waals surface area contributed by atoms with Crippen molar-refractivity contribution in [1.82, 2.24) is 4.90 Å². The Morgan fingerprint density at radius 2 is 1.60 bits per heavy atom. The molecule has 0 amide bonds. The summed E-state index contributed by atoms with van der Waals surface area (Å²) in [5, 5.41) is 0. The van der Waals surface area contributed by atoms with Crippen molar-refractivity contribution in [3.63, 3.8) is 0 Å². The van der Waals surface area contributed by atoms with E-state index in [2.05, 4.69) is 29.0 Å². The lowest BCUT2D eigenvalue weighted by atomic mass is 9.87. The van der Waals surface area contributed by atoms with Crippen molar-refractivity contribution in [3.8, 4) is 5.75 Å². The molecule has 1 aliphatic heterocycles. The average Bonchev–Trinajstić information content (AvgIpc) is 2.83. The molecule has 196 valence electrons. The Hall–Kier alpha value is -1.99. The van der Waals surface area contributed by atoms with Gasteiger partial charge in [-0.25, -0.2) is 4.79 Å². The van der Waals surface area contributed by atoms with Crippen LogP contribution in [0.3, 0.4) is 0 Å². The Bertz CT molecular complexity index is 883. The molecule has 0 aliphatic carbocycles. The molecule has 8 heteroatoms. The van der Waals surface area contributed by atoms with Crippen molar-refractivity contribution in [2.24, 2.45) is 0 Å². The molecule has 35 heavy (non-hydrogen) atoms. The molecular weight excluding hydrogens is 487 g/mol. The standard InChI is InChI=1S/C27H38N2O4.2ClH/c1-21(2)33-25-12-10-24(11-13-25)28(3)17-14-27(32-5)15-18-29(19-16-27)20-22-6-8-23(9-7-22)26(30)31-4;;/h6-13,21H,14-20H2,1-5H3;2*1H. The zero-order chi connectivity index (χ0) is 23.8. The van der Waals surface area contributed by atoms with E-state index in [0.29, 0.717) is 5.56 Å². The molecule has 0 radical (unpaired) electrons. The molecule has 0 bridgehead atoms. The first-order valence-electron chi connectivity index (χ1n) is 11.8. The number of anilines is 1. The summed E-state index contributed by atoms with van der Waals surface area (Å²) < 4.78 is 16.6. The number of likely N-dealkylation sites (tertiary alicyclic amines) is 1. The Morgan fingerprint density at radius 1 is 1.00 bits per heavy atom. The van der Waals surface area contributed by atoms with Crippen LogP contribution >= 0.6 is 24.8 Å². The van der Waals surface area contributed by atoms with Crippen LogP contribution in [0.2, 0.25) is 0 Å². The van der Waals surface area contributed by atoms with Crippen LogP contribution in [0.25, 0.3) is 0 Å². The predicted octanol–water partition coefficient (Wildman–Crippen LogP) is 5.61. The lowest BCUT2D eigenvalue weighted by molar-refractivity contribution is -0.0622. The van der Waals surface area contributed by atoms with Gasteiger partial charge in [-0.2, -0.15) is 0 Å². The minimum Gasteiger partial charge on any atom is -0.491 e. The van der Waals surface area contributed by atoms with Gasteiger partial charge in [0.05, 0.1) is 24.4 Å². The van der Waals surface area contributed by atoms with Gasteiger partial charge in [0.1, 0.15) is 5.75 Å². The van der Waals surface area contributed by atoms with Crippen molar-refractivity contribution in [3.05, 3.63) is 59.7 Å². The number of hydrogen-bond acceptors (Lipinski definition) is 6. The zero-order valence-electron chi connectivity index (χ0n) is 21.5. The monoisotopic (exact) mass is 526 g/mol. The number of ether oxygens (including phenoxy) is 3. The highest BCUT2D eigenvalue weighted by atomic mass is 35.5. The summed E-state index contributed by atoms with van der Waals surface area (Å²) in [5.74, 6) is 0.608. The Balaban J connectivity index is 0.00000306. The van der Waals surface area contributed by atoms with Crippen LogP contribution in [0.4, 0.5) is 5.69 Å². The number of benzene rings is 2. The van der Waals surface area contributed by atoms with E-state index in [1.165, 1.54) is 18.4 Å². The van der Waals surface area contributed by atoms with Gasteiger partial charge >= 0.3 is 5.97 Å². The highest BCUT2D eigenvalue weighted by molar-refractivity contribution is 5.89. The van der Waals surface area contributed by atoms with E-state index in [-0.39, 0.29) is 42.5 Å². The summed E-state index contributed by atoms with van der Waals surface area (Å²) in [4.78, 5) is 16.4. The van der Waals surface area contributed by atoms with Crippen molar-refractivity contribution in [1.29, 1.82) is 0 Å². The van der Waals surface area contributed by atoms with Crippen LogP contribution in [-0.4, -0.2) is 63.5 Å². The molecule has 0 saturated carbocycles. The largest absolute Gasteiger partial charge is 0.491 e. The van der Waals surface area contributed by atoms with Gasteiger partial charge in [-0.1, -0.05) is 12.1 Å². The minimum absolute atomic E-state index is 0. The topological polar surface area (TPSA) is 51.2 Å². The summed E-state index contributed by atoms with van der Waals surface area (Å²) in [6.07, 6.45) is 3.20. The van der Waals surface area contributed by atoms with Gasteiger partial charge in [0.25, 0.3) is 0 Å². The number of methoxy groups -OCH3 is 2. The van der Waals surface area contributed by atoms with Gasteiger partial charge in [0, 0.05) is 46.0 Å². The third-order valence-corrected chi connectivity index (χ3v) is 6.53. The maximum absolute atomic E-state index is 11.6. The fraction of sp³-hybridized carbons (Fsp3) is 0.519. The van der Waals surface area contributed by atoms with Crippen LogP contribution in [0, 0.1) is 0 Å². The van der Waals surface area contributed by atoms with Crippen molar-refractivity contribution in [2.75, 3.05) is 45.8 Å². The molecule has 1 aliphatic rings. The number of carbonyl (C=O) groups is 1. The number of carbonyl (C=O) groups excluding carboxylic acids is 1. The van der Waals surface area contributed by atoms with E-state index in [1.807, 2.05) is 57.4 Å². The Labute approximate surface area is 222 Å². The zero-order valence-corrected chi connectivity index (χ0v) is 23.1. The summed E-state index contributed by atoms with van der Waals surface area (Å²) in [5.41, 5.74) is 2.90. The average molecular weight is 528 g/mol. The molecule has 3 rings (SSSR count). The van der Waals surface area contributed by atoms with Gasteiger partial charge < -0.3 is 19.1 Å².